The van der Waals surface area contributed by atoms with Crippen molar-refractivity contribution in [3.05, 3.63) is 53.9 Å². The molecule has 2 aliphatic heterocycles. The van der Waals surface area contributed by atoms with Crippen LogP contribution >= 0.6 is 0 Å². The van der Waals surface area contributed by atoms with Crippen LogP contribution in [0.2, 0.25) is 0 Å². The lowest BCUT2D eigenvalue weighted by molar-refractivity contribution is 0.0884. The first-order valence-electron chi connectivity index (χ1n) is 11.2. The number of anilines is 1. The number of aromatic nitrogens is 3. The minimum atomic E-state index is -0.929. The summed E-state index contributed by atoms with van der Waals surface area (Å²) in [4.78, 5) is 7.08. The van der Waals surface area contributed by atoms with Gasteiger partial charge in [-0.05, 0) is 19.1 Å². The molecular weight excluding hydrogens is 418 g/mol. The Balaban J connectivity index is 1.51. The quantitative estimate of drug-likeness (QED) is 0.590. The Labute approximate surface area is 192 Å². The third-order valence-electron chi connectivity index (χ3n) is 5.87. The maximum absolute atomic E-state index is 10.5. The van der Waals surface area contributed by atoms with Gasteiger partial charge in [0, 0.05) is 37.3 Å². The number of hydrogen-bond donors (Lipinski definition) is 2. The van der Waals surface area contributed by atoms with Crippen LogP contribution in [-0.2, 0) is 11.2 Å². The van der Waals surface area contributed by atoms with Gasteiger partial charge in [-0.1, -0.05) is 35.6 Å². The summed E-state index contributed by atoms with van der Waals surface area (Å²) in [7, 11) is 0. The van der Waals surface area contributed by atoms with Crippen molar-refractivity contribution < 1.29 is 14.6 Å². The van der Waals surface area contributed by atoms with Gasteiger partial charge in [-0.15, -0.1) is 0 Å². The molecular formula is C25H27N5O3. The number of nitrogens with zero attached hydrogens (tertiary/aromatic N) is 4. The molecule has 8 heteroatoms. The Bertz CT molecular complexity index is 1210. The number of hydrogen-bond acceptors (Lipinski definition) is 7. The number of aliphatic hydroxyl groups excluding tert-OH is 1. The van der Waals surface area contributed by atoms with Crippen molar-refractivity contribution in [1.82, 2.24) is 14.8 Å². The first kappa shape index (κ1) is 21.5. The molecule has 3 aromatic rings. The summed E-state index contributed by atoms with van der Waals surface area (Å²) in [5.74, 6) is 6.89. The van der Waals surface area contributed by atoms with Crippen LogP contribution in [0.15, 0.2) is 42.6 Å². The molecule has 3 N–H and O–H groups in total. The first-order valence-corrected chi connectivity index (χ1v) is 11.2. The Morgan fingerprint density at radius 3 is 2.88 bits per heavy atom. The number of aryl methyl sites for hydroxylation is 1. The number of benzene rings is 1. The molecule has 1 fully saturated rings. The van der Waals surface area contributed by atoms with Gasteiger partial charge in [0.15, 0.2) is 17.7 Å². The predicted octanol–water partition coefficient (Wildman–Crippen LogP) is 1.71. The summed E-state index contributed by atoms with van der Waals surface area (Å²) in [5.41, 5.74) is 10.3. The van der Waals surface area contributed by atoms with Crippen LogP contribution < -0.4 is 15.4 Å². The fraction of sp³-hybridized carbons (Fsp3) is 0.360. The second-order valence-electron chi connectivity index (χ2n) is 8.22. The van der Waals surface area contributed by atoms with E-state index in [1.807, 2.05) is 24.4 Å². The van der Waals surface area contributed by atoms with E-state index in [0.29, 0.717) is 31.2 Å². The second kappa shape index (κ2) is 9.24. The zero-order chi connectivity index (χ0) is 22.8. The van der Waals surface area contributed by atoms with Crippen molar-refractivity contribution in [2.24, 2.45) is 5.73 Å². The van der Waals surface area contributed by atoms with E-state index in [1.54, 1.807) is 4.68 Å². The number of morpholine rings is 1. The van der Waals surface area contributed by atoms with Gasteiger partial charge < -0.3 is 25.2 Å². The molecule has 4 heterocycles. The van der Waals surface area contributed by atoms with E-state index < -0.39 is 12.2 Å². The number of nitrogens with two attached hydrogens (primary N) is 1. The SMILES string of the molecule is Cc1cccc(-c2ccn(-c3cc(N4CCOCC4)c4c(n3)CC(C(O)C#CCN)O4)n2)c1. The van der Waals surface area contributed by atoms with Crippen LogP contribution in [0.1, 0.15) is 11.3 Å². The number of pyridine rings is 1. The maximum atomic E-state index is 10.5. The normalized spacial score (nSPS) is 18.3. The average Bonchev–Trinajstić information content (AvgIpc) is 3.50. The number of aliphatic hydroxyl groups is 1. The predicted molar refractivity (Wildman–Crippen MR) is 126 cm³/mol. The molecule has 8 nitrogen and oxygen atoms in total. The van der Waals surface area contributed by atoms with E-state index in [2.05, 4.69) is 41.9 Å². The molecule has 1 aromatic carbocycles. The molecule has 0 radical (unpaired) electrons. The van der Waals surface area contributed by atoms with Crippen molar-refractivity contribution in [2.45, 2.75) is 25.6 Å². The summed E-state index contributed by atoms with van der Waals surface area (Å²) in [5, 5.41) is 15.2. The van der Waals surface area contributed by atoms with Crippen molar-refractivity contribution >= 4 is 5.69 Å². The molecule has 33 heavy (non-hydrogen) atoms. The highest BCUT2D eigenvalue weighted by Gasteiger charge is 2.34. The Kier molecular flexibility index (Phi) is 6.01. The minimum Gasteiger partial charge on any atom is -0.482 e. The summed E-state index contributed by atoms with van der Waals surface area (Å²) in [6.07, 6.45) is 0.973. The van der Waals surface area contributed by atoms with Crippen LogP contribution in [0.3, 0.4) is 0 Å². The topological polar surface area (TPSA) is 98.7 Å². The molecule has 0 amide bonds. The first-order chi connectivity index (χ1) is 16.1. The molecule has 1 saturated heterocycles. The van der Waals surface area contributed by atoms with E-state index in [1.165, 1.54) is 5.56 Å². The van der Waals surface area contributed by atoms with E-state index in [-0.39, 0.29) is 6.54 Å². The third-order valence-corrected chi connectivity index (χ3v) is 5.87. The van der Waals surface area contributed by atoms with Gasteiger partial charge in [0.05, 0.1) is 36.8 Å². The van der Waals surface area contributed by atoms with Crippen molar-refractivity contribution in [2.75, 3.05) is 37.7 Å². The van der Waals surface area contributed by atoms with Crippen LogP contribution in [0.4, 0.5) is 5.69 Å². The Morgan fingerprint density at radius 2 is 2.09 bits per heavy atom. The minimum absolute atomic E-state index is 0.195. The highest BCUT2D eigenvalue weighted by atomic mass is 16.5. The van der Waals surface area contributed by atoms with Gasteiger partial charge in [-0.25, -0.2) is 9.67 Å². The monoisotopic (exact) mass is 445 g/mol. The lowest BCUT2D eigenvalue weighted by atomic mass is 10.1. The fourth-order valence-electron chi connectivity index (χ4n) is 4.21. The number of fused-ring (bicyclic) bond motifs is 1. The van der Waals surface area contributed by atoms with Crippen LogP contribution in [0.5, 0.6) is 5.75 Å². The van der Waals surface area contributed by atoms with Crippen LogP contribution in [-0.4, -0.2) is 64.9 Å². The molecule has 0 spiro atoms. The Morgan fingerprint density at radius 1 is 1.24 bits per heavy atom. The van der Waals surface area contributed by atoms with Gasteiger partial charge in [-0.3, -0.25) is 0 Å². The average molecular weight is 446 g/mol. The molecule has 2 aromatic heterocycles. The Hall–Kier alpha value is -3.38. The van der Waals surface area contributed by atoms with Gasteiger partial charge in [-0.2, -0.15) is 5.10 Å². The van der Waals surface area contributed by atoms with Crippen molar-refractivity contribution in [3.8, 4) is 34.7 Å². The molecule has 0 aliphatic carbocycles. The van der Waals surface area contributed by atoms with E-state index in [0.717, 1.165) is 35.7 Å². The summed E-state index contributed by atoms with van der Waals surface area (Å²) >= 11 is 0. The van der Waals surface area contributed by atoms with E-state index in [4.69, 9.17) is 25.3 Å². The van der Waals surface area contributed by atoms with Crippen LogP contribution in [0.25, 0.3) is 17.1 Å². The maximum Gasteiger partial charge on any atom is 0.165 e. The smallest absolute Gasteiger partial charge is 0.165 e. The molecule has 2 unspecified atom stereocenters. The van der Waals surface area contributed by atoms with E-state index in [9.17, 15) is 5.11 Å². The van der Waals surface area contributed by atoms with Gasteiger partial charge >= 0.3 is 0 Å². The van der Waals surface area contributed by atoms with Crippen molar-refractivity contribution in [1.29, 1.82) is 0 Å². The molecule has 5 rings (SSSR count). The zero-order valence-electron chi connectivity index (χ0n) is 18.6. The molecule has 0 bridgehead atoms. The molecule has 2 aliphatic rings. The highest BCUT2D eigenvalue weighted by Crippen LogP contribution is 2.40. The van der Waals surface area contributed by atoms with E-state index >= 15 is 0 Å². The number of ether oxygens (including phenoxy) is 2. The second-order valence-corrected chi connectivity index (χ2v) is 8.22. The largest absolute Gasteiger partial charge is 0.482 e. The summed E-state index contributed by atoms with van der Waals surface area (Å²) < 4.78 is 13.5. The fourth-order valence-corrected chi connectivity index (χ4v) is 4.21. The lowest BCUT2D eigenvalue weighted by Crippen LogP contribution is -2.36. The summed E-state index contributed by atoms with van der Waals surface area (Å²) in [6, 6.07) is 12.3. The van der Waals surface area contributed by atoms with Crippen molar-refractivity contribution in [3.63, 3.8) is 0 Å². The standard InChI is InChI=1S/C25H27N5O3/c1-17-4-2-5-18(14-17)19-7-9-30(28-19)24-16-21(29-10-12-32-13-11-29)25-20(27-24)15-23(33-25)22(31)6-3-8-26/h2,4-5,7,9,14,16,22-23,31H,8,10-13,15,26H2,1H3. The highest BCUT2D eigenvalue weighted by molar-refractivity contribution is 5.66. The van der Waals surface area contributed by atoms with Crippen LogP contribution in [0, 0.1) is 18.8 Å². The van der Waals surface area contributed by atoms with Gasteiger partial charge in [0.25, 0.3) is 0 Å². The lowest BCUT2D eigenvalue weighted by Gasteiger charge is -2.30. The molecule has 2 atom stereocenters. The van der Waals surface area contributed by atoms with Gasteiger partial charge in [0.1, 0.15) is 6.10 Å². The zero-order valence-corrected chi connectivity index (χ0v) is 18.6. The third kappa shape index (κ3) is 4.44. The molecule has 170 valence electrons. The summed E-state index contributed by atoms with van der Waals surface area (Å²) in [6.45, 7) is 5.08. The number of rotatable bonds is 4. The van der Waals surface area contributed by atoms with Gasteiger partial charge in [0.2, 0.25) is 0 Å². The molecule has 0 saturated carbocycles.